The first-order valence-corrected chi connectivity index (χ1v) is 9.87. The Morgan fingerprint density at radius 1 is 1.19 bits per heavy atom. The third-order valence-electron chi connectivity index (χ3n) is 4.70. The molecule has 0 aromatic heterocycles. The predicted octanol–water partition coefficient (Wildman–Crippen LogP) is 0.669. The molecular formula is C17H20N2O7S. The van der Waals surface area contributed by atoms with Crippen LogP contribution in [0.25, 0.3) is 0 Å². The molecule has 0 aliphatic carbocycles. The lowest BCUT2D eigenvalue weighted by Gasteiger charge is -2.27. The highest BCUT2D eigenvalue weighted by molar-refractivity contribution is 7.89. The standard InChI is InChI=1S/C17H20N2O7S/c1-11-5-7-12(8-6-11)27(23,24)18-9-3-4-13(18)15(20)19-14(16(21)25-2)10-26-17(19)22/h5-8,13-14H,3-4,9-10H2,1-2H3/t13-,14-/m0/s1. The van der Waals surface area contributed by atoms with Crippen LogP contribution in [-0.4, -0.2) is 67.9 Å². The van der Waals surface area contributed by atoms with Gasteiger partial charge in [0.25, 0.3) is 5.91 Å². The zero-order valence-corrected chi connectivity index (χ0v) is 15.8. The normalized spacial score (nSPS) is 23.3. The highest BCUT2D eigenvalue weighted by Gasteiger charge is 2.49. The lowest BCUT2D eigenvalue weighted by molar-refractivity contribution is -0.149. The van der Waals surface area contributed by atoms with Crippen molar-refractivity contribution in [1.82, 2.24) is 9.21 Å². The average Bonchev–Trinajstić information content (AvgIpc) is 3.28. The number of nitrogens with zero attached hydrogens (tertiary/aromatic N) is 2. The third kappa shape index (κ3) is 3.42. The van der Waals surface area contributed by atoms with Crippen LogP contribution in [0.1, 0.15) is 18.4 Å². The van der Waals surface area contributed by atoms with Crippen molar-refractivity contribution in [2.24, 2.45) is 0 Å². The lowest BCUT2D eigenvalue weighted by Crippen LogP contribution is -2.52. The molecule has 0 radical (unpaired) electrons. The molecule has 3 rings (SSSR count). The van der Waals surface area contributed by atoms with E-state index in [0.29, 0.717) is 11.3 Å². The molecule has 10 heteroatoms. The second-order valence-electron chi connectivity index (χ2n) is 6.41. The first-order valence-electron chi connectivity index (χ1n) is 8.43. The highest BCUT2D eigenvalue weighted by Crippen LogP contribution is 2.29. The van der Waals surface area contributed by atoms with Gasteiger partial charge in [0.05, 0.1) is 12.0 Å². The Kier molecular flexibility index (Phi) is 5.20. The van der Waals surface area contributed by atoms with Gasteiger partial charge in [0, 0.05) is 6.54 Å². The summed E-state index contributed by atoms with van der Waals surface area (Å²) in [5.41, 5.74) is 0.906. The number of imide groups is 1. The Morgan fingerprint density at radius 3 is 2.48 bits per heavy atom. The van der Waals surface area contributed by atoms with Gasteiger partial charge in [-0.05, 0) is 31.9 Å². The first-order chi connectivity index (χ1) is 12.8. The fraction of sp³-hybridized carbons (Fsp3) is 0.471. The summed E-state index contributed by atoms with van der Waals surface area (Å²) < 4.78 is 36.4. The molecule has 146 valence electrons. The molecule has 9 nitrogen and oxygen atoms in total. The van der Waals surface area contributed by atoms with Gasteiger partial charge in [-0.1, -0.05) is 17.7 Å². The van der Waals surface area contributed by atoms with Gasteiger partial charge in [0.1, 0.15) is 12.6 Å². The molecule has 2 aliphatic rings. The van der Waals surface area contributed by atoms with Crippen molar-refractivity contribution in [2.75, 3.05) is 20.3 Å². The monoisotopic (exact) mass is 396 g/mol. The van der Waals surface area contributed by atoms with Gasteiger partial charge in [0.15, 0.2) is 6.04 Å². The number of ether oxygens (including phenoxy) is 2. The van der Waals surface area contributed by atoms with Crippen molar-refractivity contribution in [2.45, 2.75) is 36.7 Å². The van der Waals surface area contributed by atoms with E-state index >= 15 is 0 Å². The van der Waals surface area contributed by atoms with Crippen molar-refractivity contribution >= 4 is 28.0 Å². The van der Waals surface area contributed by atoms with E-state index in [-0.39, 0.29) is 24.5 Å². The molecule has 2 fully saturated rings. The molecule has 0 bridgehead atoms. The summed E-state index contributed by atoms with van der Waals surface area (Å²) >= 11 is 0. The number of sulfonamides is 1. The smallest absolute Gasteiger partial charge is 0.417 e. The van der Waals surface area contributed by atoms with Gasteiger partial charge in [-0.15, -0.1) is 0 Å². The van der Waals surface area contributed by atoms with E-state index in [0.717, 1.165) is 17.0 Å². The van der Waals surface area contributed by atoms with E-state index in [2.05, 4.69) is 4.74 Å². The summed E-state index contributed by atoms with van der Waals surface area (Å²) in [7, 11) is -2.79. The summed E-state index contributed by atoms with van der Waals surface area (Å²) in [5.74, 6) is -1.57. The van der Waals surface area contributed by atoms with E-state index < -0.39 is 40.1 Å². The number of cyclic esters (lactones) is 1. The number of amides is 2. The van der Waals surface area contributed by atoms with Crippen LogP contribution in [0.5, 0.6) is 0 Å². The van der Waals surface area contributed by atoms with E-state index in [9.17, 15) is 22.8 Å². The van der Waals surface area contributed by atoms with Crippen LogP contribution in [0.3, 0.4) is 0 Å². The Labute approximate surface area is 156 Å². The fourth-order valence-electron chi connectivity index (χ4n) is 3.26. The summed E-state index contributed by atoms with van der Waals surface area (Å²) in [6, 6.07) is 4.02. The number of aryl methyl sites for hydroxylation is 1. The van der Waals surface area contributed by atoms with Gasteiger partial charge < -0.3 is 9.47 Å². The van der Waals surface area contributed by atoms with Crippen LogP contribution >= 0.6 is 0 Å². The number of carbonyl (C=O) groups is 3. The largest absolute Gasteiger partial charge is 0.467 e. The summed E-state index contributed by atoms with van der Waals surface area (Å²) in [4.78, 5) is 37.5. The quantitative estimate of drug-likeness (QED) is 0.688. The zero-order chi connectivity index (χ0) is 19.8. The number of carbonyl (C=O) groups excluding carboxylic acids is 3. The molecular weight excluding hydrogens is 376 g/mol. The van der Waals surface area contributed by atoms with Crippen LogP contribution < -0.4 is 0 Å². The number of benzene rings is 1. The van der Waals surface area contributed by atoms with Gasteiger partial charge in [-0.2, -0.15) is 4.31 Å². The number of hydrogen-bond acceptors (Lipinski definition) is 7. The van der Waals surface area contributed by atoms with Crippen molar-refractivity contribution < 1.29 is 32.3 Å². The number of methoxy groups -OCH3 is 1. The molecule has 27 heavy (non-hydrogen) atoms. The van der Waals surface area contributed by atoms with Gasteiger partial charge in [0.2, 0.25) is 10.0 Å². The van der Waals surface area contributed by atoms with Crippen LogP contribution in [0, 0.1) is 6.92 Å². The molecule has 2 atom stereocenters. The summed E-state index contributed by atoms with van der Waals surface area (Å²) in [5, 5.41) is 0. The Morgan fingerprint density at radius 2 is 1.85 bits per heavy atom. The molecule has 1 aromatic rings. The molecule has 0 unspecified atom stereocenters. The molecule has 0 saturated carbocycles. The lowest BCUT2D eigenvalue weighted by atomic mass is 10.2. The first kappa shape index (κ1) is 19.3. The molecule has 2 amide bonds. The fourth-order valence-corrected chi connectivity index (χ4v) is 4.91. The summed E-state index contributed by atoms with van der Waals surface area (Å²) in [6.07, 6.45) is -0.260. The molecule has 1 aromatic carbocycles. The minimum atomic E-state index is -3.92. The number of rotatable bonds is 4. The average molecular weight is 396 g/mol. The van der Waals surface area contributed by atoms with E-state index in [1.807, 2.05) is 6.92 Å². The molecule has 2 saturated heterocycles. The van der Waals surface area contributed by atoms with Crippen molar-refractivity contribution in [3.8, 4) is 0 Å². The van der Waals surface area contributed by atoms with Gasteiger partial charge in [-0.3, -0.25) is 4.79 Å². The molecule has 2 heterocycles. The van der Waals surface area contributed by atoms with Crippen LogP contribution in [0.15, 0.2) is 29.2 Å². The Balaban J connectivity index is 1.89. The topological polar surface area (TPSA) is 110 Å². The molecule has 0 spiro atoms. The second-order valence-corrected chi connectivity index (χ2v) is 8.30. The highest BCUT2D eigenvalue weighted by atomic mass is 32.2. The van der Waals surface area contributed by atoms with Gasteiger partial charge in [-0.25, -0.2) is 22.9 Å². The second kappa shape index (κ2) is 7.28. The Bertz CT molecular complexity index is 866. The minimum Gasteiger partial charge on any atom is -0.467 e. The van der Waals surface area contributed by atoms with E-state index in [1.54, 1.807) is 12.1 Å². The molecule has 0 N–H and O–H groups in total. The maximum Gasteiger partial charge on any atom is 0.417 e. The van der Waals surface area contributed by atoms with Crippen LogP contribution in [-0.2, 0) is 29.1 Å². The Hall–Kier alpha value is -2.46. The number of hydrogen-bond donors (Lipinski definition) is 0. The van der Waals surface area contributed by atoms with Crippen molar-refractivity contribution in [1.29, 1.82) is 0 Å². The zero-order valence-electron chi connectivity index (χ0n) is 15.0. The minimum absolute atomic E-state index is 0.0707. The predicted molar refractivity (Wildman–Crippen MR) is 92.1 cm³/mol. The van der Waals surface area contributed by atoms with E-state index in [4.69, 9.17) is 4.74 Å². The van der Waals surface area contributed by atoms with Crippen molar-refractivity contribution in [3.05, 3.63) is 29.8 Å². The number of esters is 1. The SMILES string of the molecule is COC(=O)[C@@H]1COC(=O)N1C(=O)[C@@H]1CCCN1S(=O)(=O)c1ccc(C)cc1. The van der Waals surface area contributed by atoms with Crippen molar-refractivity contribution in [3.63, 3.8) is 0 Å². The van der Waals surface area contributed by atoms with Crippen LogP contribution in [0.4, 0.5) is 4.79 Å². The van der Waals surface area contributed by atoms with Crippen LogP contribution in [0.2, 0.25) is 0 Å². The maximum absolute atomic E-state index is 13.0. The maximum atomic E-state index is 13.0. The third-order valence-corrected chi connectivity index (χ3v) is 6.62. The van der Waals surface area contributed by atoms with Gasteiger partial charge >= 0.3 is 12.1 Å². The summed E-state index contributed by atoms with van der Waals surface area (Å²) in [6.45, 7) is 1.68. The molecule has 2 aliphatic heterocycles. The van der Waals surface area contributed by atoms with E-state index in [1.165, 1.54) is 12.1 Å².